The first-order chi connectivity index (χ1) is 9.58. The van der Waals surface area contributed by atoms with E-state index in [1.807, 2.05) is 19.2 Å². The van der Waals surface area contributed by atoms with E-state index in [9.17, 15) is 0 Å². The topological polar surface area (TPSA) is 43.8 Å². The number of aromatic nitrogens is 2. The molecule has 2 aromatic heterocycles. The van der Waals surface area contributed by atoms with E-state index in [2.05, 4.69) is 67.2 Å². The van der Waals surface area contributed by atoms with Gasteiger partial charge in [0.1, 0.15) is 11.5 Å². The predicted molar refractivity (Wildman–Crippen MR) is 96.8 cm³/mol. The minimum atomic E-state index is 0.688. The fourth-order valence-electron chi connectivity index (χ4n) is 2.07. The van der Waals surface area contributed by atoms with E-state index in [4.69, 9.17) is 5.73 Å². The predicted octanol–water partition coefficient (Wildman–Crippen LogP) is 4.76. The molecule has 0 unspecified atom stereocenters. The Balaban J connectivity index is 2.30. The lowest BCUT2D eigenvalue weighted by atomic mass is 10.1. The van der Waals surface area contributed by atoms with Crippen LogP contribution in [0.1, 0.15) is 0 Å². The summed E-state index contributed by atoms with van der Waals surface area (Å²) in [5.41, 5.74) is 9.19. The van der Waals surface area contributed by atoms with Crippen LogP contribution < -0.4 is 5.73 Å². The fraction of sp³-hybridized carbons (Fsp3) is 0.0714. The van der Waals surface area contributed by atoms with Crippen LogP contribution in [-0.2, 0) is 7.05 Å². The minimum absolute atomic E-state index is 0.688. The molecule has 3 nitrogen and oxygen atoms in total. The van der Waals surface area contributed by atoms with Gasteiger partial charge in [-0.1, -0.05) is 22.0 Å². The molecule has 0 radical (unpaired) electrons. The summed E-state index contributed by atoms with van der Waals surface area (Å²) in [5.74, 6) is 0.688. The van der Waals surface area contributed by atoms with E-state index in [-0.39, 0.29) is 0 Å². The number of benzene rings is 1. The number of nitrogens with zero attached hydrogens (tertiary/aromatic N) is 2. The number of nitrogens with two attached hydrogens (primary N) is 1. The Morgan fingerprint density at radius 1 is 1.35 bits per heavy atom. The van der Waals surface area contributed by atoms with Crippen molar-refractivity contribution >= 4 is 55.7 Å². The van der Waals surface area contributed by atoms with Crippen molar-refractivity contribution < 1.29 is 0 Å². The lowest BCUT2D eigenvalue weighted by Gasteiger charge is -2.05. The summed E-state index contributed by atoms with van der Waals surface area (Å²) in [4.78, 5) is 1.14. The average molecular weight is 460 g/mol. The molecular weight excluding hydrogens is 449 g/mol. The number of aryl methyl sites for hydroxylation is 1. The zero-order valence-corrected chi connectivity index (χ0v) is 15.2. The van der Waals surface area contributed by atoms with Crippen molar-refractivity contribution in [1.82, 2.24) is 9.78 Å². The second-order valence-corrected chi connectivity index (χ2v) is 7.38. The van der Waals surface area contributed by atoms with Crippen LogP contribution >= 0.6 is 49.9 Å². The van der Waals surface area contributed by atoms with Crippen molar-refractivity contribution in [3.05, 3.63) is 43.8 Å². The van der Waals surface area contributed by atoms with Crippen LogP contribution in [0.25, 0.3) is 21.7 Å². The van der Waals surface area contributed by atoms with Gasteiger partial charge in [-0.05, 0) is 52.2 Å². The van der Waals surface area contributed by atoms with Crippen LogP contribution in [0, 0.1) is 3.57 Å². The monoisotopic (exact) mass is 459 g/mol. The van der Waals surface area contributed by atoms with Crippen LogP contribution in [0.15, 0.2) is 40.2 Å². The standard InChI is InChI=1S/C14H11BrIN3S/c1-19-14(17)12(11-3-2-6-20-11)13(18-19)9-7-8(16)4-5-10(9)15/h2-7H,17H2,1H3. The Kier molecular flexibility index (Phi) is 3.87. The van der Waals surface area contributed by atoms with E-state index in [1.54, 1.807) is 16.0 Å². The van der Waals surface area contributed by atoms with Crippen molar-refractivity contribution in [2.45, 2.75) is 0 Å². The zero-order valence-electron chi connectivity index (χ0n) is 10.6. The summed E-state index contributed by atoms with van der Waals surface area (Å²) in [7, 11) is 1.87. The third-order valence-corrected chi connectivity index (χ3v) is 5.29. The first kappa shape index (κ1) is 14.1. The largest absolute Gasteiger partial charge is 0.383 e. The lowest BCUT2D eigenvalue weighted by Crippen LogP contribution is -1.97. The van der Waals surface area contributed by atoms with Crippen LogP contribution in [0.4, 0.5) is 5.82 Å². The molecule has 0 saturated carbocycles. The molecular formula is C14H11BrIN3S. The Morgan fingerprint density at radius 2 is 2.15 bits per heavy atom. The SMILES string of the molecule is Cn1nc(-c2cc(I)ccc2Br)c(-c2cccs2)c1N. The van der Waals surface area contributed by atoms with Crippen LogP contribution in [0.2, 0.25) is 0 Å². The van der Waals surface area contributed by atoms with E-state index < -0.39 is 0 Å². The van der Waals surface area contributed by atoms with Gasteiger partial charge >= 0.3 is 0 Å². The van der Waals surface area contributed by atoms with E-state index in [1.165, 1.54) is 3.57 Å². The molecule has 2 N–H and O–H groups in total. The summed E-state index contributed by atoms with van der Waals surface area (Å²) in [6.07, 6.45) is 0. The van der Waals surface area contributed by atoms with Crippen LogP contribution in [0.5, 0.6) is 0 Å². The van der Waals surface area contributed by atoms with Gasteiger partial charge in [-0.2, -0.15) is 5.10 Å². The zero-order chi connectivity index (χ0) is 14.3. The summed E-state index contributed by atoms with van der Waals surface area (Å²) < 4.78 is 3.92. The maximum Gasteiger partial charge on any atom is 0.130 e. The number of hydrogen-bond donors (Lipinski definition) is 1. The van der Waals surface area contributed by atoms with Gasteiger partial charge in [-0.25, -0.2) is 0 Å². The molecule has 0 atom stereocenters. The van der Waals surface area contributed by atoms with E-state index in [0.29, 0.717) is 5.82 Å². The first-order valence-electron chi connectivity index (χ1n) is 5.89. The molecule has 0 spiro atoms. The second-order valence-electron chi connectivity index (χ2n) is 4.33. The molecule has 20 heavy (non-hydrogen) atoms. The average Bonchev–Trinajstić information content (AvgIpc) is 3.02. The van der Waals surface area contributed by atoms with Gasteiger partial charge in [0, 0.05) is 25.5 Å². The number of halogens is 2. The van der Waals surface area contributed by atoms with Gasteiger partial charge in [0.05, 0.1) is 5.56 Å². The summed E-state index contributed by atoms with van der Waals surface area (Å²) >= 11 is 7.59. The Hall–Kier alpha value is -0.860. The maximum absolute atomic E-state index is 6.21. The van der Waals surface area contributed by atoms with Gasteiger partial charge in [0.2, 0.25) is 0 Å². The number of rotatable bonds is 2. The third kappa shape index (κ3) is 2.40. The highest BCUT2D eigenvalue weighted by atomic mass is 127. The number of hydrogen-bond acceptors (Lipinski definition) is 3. The molecule has 3 aromatic rings. The van der Waals surface area contributed by atoms with E-state index in [0.717, 1.165) is 26.2 Å². The summed E-state index contributed by atoms with van der Waals surface area (Å²) in [6.45, 7) is 0. The van der Waals surface area contributed by atoms with Gasteiger partial charge in [0.15, 0.2) is 0 Å². The maximum atomic E-state index is 6.21. The number of thiophene rings is 1. The number of anilines is 1. The minimum Gasteiger partial charge on any atom is -0.383 e. The van der Waals surface area contributed by atoms with Crippen LogP contribution in [0.3, 0.4) is 0 Å². The summed E-state index contributed by atoms with van der Waals surface area (Å²) in [5, 5.41) is 6.65. The second kappa shape index (κ2) is 5.50. The van der Waals surface area contributed by atoms with Crippen molar-refractivity contribution in [3.63, 3.8) is 0 Å². The van der Waals surface area contributed by atoms with Gasteiger partial charge < -0.3 is 5.73 Å². The number of nitrogen functional groups attached to an aromatic ring is 1. The third-order valence-electron chi connectivity index (χ3n) is 3.04. The molecule has 0 aliphatic rings. The van der Waals surface area contributed by atoms with Crippen molar-refractivity contribution in [1.29, 1.82) is 0 Å². The molecule has 0 saturated heterocycles. The molecule has 6 heteroatoms. The van der Waals surface area contributed by atoms with Crippen molar-refractivity contribution in [2.75, 3.05) is 5.73 Å². The lowest BCUT2D eigenvalue weighted by molar-refractivity contribution is 0.782. The molecule has 0 bridgehead atoms. The molecule has 0 aliphatic heterocycles. The molecule has 0 fully saturated rings. The molecule has 102 valence electrons. The Labute approximate surface area is 143 Å². The van der Waals surface area contributed by atoms with E-state index >= 15 is 0 Å². The van der Waals surface area contributed by atoms with Gasteiger partial charge in [-0.15, -0.1) is 11.3 Å². The fourth-order valence-corrected chi connectivity index (χ4v) is 3.77. The summed E-state index contributed by atoms with van der Waals surface area (Å²) in [6, 6.07) is 10.3. The highest BCUT2D eigenvalue weighted by molar-refractivity contribution is 14.1. The van der Waals surface area contributed by atoms with Crippen LogP contribution in [-0.4, -0.2) is 9.78 Å². The highest BCUT2D eigenvalue weighted by Gasteiger charge is 2.19. The normalized spacial score (nSPS) is 10.9. The van der Waals surface area contributed by atoms with Crippen molar-refractivity contribution in [2.24, 2.45) is 7.05 Å². The molecule has 0 amide bonds. The van der Waals surface area contributed by atoms with Gasteiger partial charge in [-0.3, -0.25) is 4.68 Å². The van der Waals surface area contributed by atoms with Crippen molar-refractivity contribution in [3.8, 4) is 21.7 Å². The molecule has 2 heterocycles. The molecule has 0 aliphatic carbocycles. The Bertz CT molecular complexity index is 765. The smallest absolute Gasteiger partial charge is 0.130 e. The first-order valence-corrected chi connectivity index (χ1v) is 8.65. The van der Waals surface area contributed by atoms with Gasteiger partial charge in [0.25, 0.3) is 0 Å². The quantitative estimate of drug-likeness (QED) is 0.561. The molecule has 3 rings (SSSR count). The molecule has 1 aromatic carbocycles. The Morgan fingerprint density at radius 3 is 2.85 bits per heavy atom. The highest BCUT2D eigenvalue weighted by Crippen LogP contribution is 2.40.